The second kappa shape index (κ2) is 10.5. The third kappa shape index (κ3) is 5.46. The molecule has 2 amide bonds. The highest BCUT2D eigenvalue weighted by molar-refractivity contribution is 14.2. The van der Waals surface area contributed by atoms with Crippen molar-refractivity contribution in [3.8, 4) is 0 Å². The normalized spacial score (nSPS) is 16.9. The van der Waals surface area contributed by atoms with Crippen LogP contribution in [-0.2, 0) is 22.6 Å². The van der Waals surface area contributed by atoms with Crippen molar-refractivity contribution in [3.63, 3.8) is 0 Å². The molecule has 5 heterocycles. The first kappa shape index (κ1) is 24.1. The zero-order chi connectivity index (χ0) is 24.4. The van der Waals surface area contributed by atoms with E-state index in [0.29, 0.717) is 43.9 Å². The molecule has 13 heteroatoms. The minimum atomic E-state index is -0.660. The maximum absolute atomic E-state index is 13.1. The van der Waals surface area contributed by atoms with Crippen LogP contribution in [0.25, 0.3) is 10.1 Å². The van der Waals surface area contributed by atoms with Crippen LogP contribution < -0.4 is 21.9 Å². The number of pyridine rings is 1. The lowest BCUT2D eigenvalue weighted by atomic mass is 10.2. The van der Waals surface area contributed by atoms with Crippen molar-refractivity contribution < 1.29 is 9.59 Å². The Hall–Kier alpha value is -2.65. The van der Waals surface area contributed by atoms with Crippen LogP contribution in [0.4, 0.5) is 11.5 Å². The van der Waals surface area contributed by atoms with Crippen LogP contribution in [0.2, 0.25) is 0 Å². The van der Waals surface area contributed by atoms with E-state index in [1.807, 2.05) is 17.7 Å². The van der Waals surface area contributed by atoms with Crippen molar-refractivity contribution in [2.75, 3.05) is 15.6 Å². The number of thioether (sulfide) groups is 1. The number of hydrogen-bond donors (Lipinski definition) is 3. The van der Waals surface area contributed by atoms with Gasteiger partial charge in [-0.25, -0.2) is 9.97 Å². The van der Waals surface area contributed by atoms with E-state index in [-0.39, 0.29) is 38.2 Å². The molecule has 4 N–H and O–H groups in total. The predicted molar refractivity (Wildman–Crippen MR) is 150 cm³/mol. The molecule has 182 valence electrons. The van der Waals surface area contributed by atoms with Gasteiger partial charge in [-0.3, -0.25) is 23.9 Å². The summed E-state index contributed by atoms with van der Waals surface area (Å²) >= 11 is 3.01. The minimum absolute atomic E-state index is 0.102. The largest absolute Gasteiger partial charge is 0.384 e. The number of hydrogen-bond acceptors (Lipinski definition) is 9. The number of aromatic nitrogens is 3. The maximum atomic E-state index is 13.1. The Morgan fingerprint density at radius 2 is 2.14 bits per heavy atom. The van der Waals surface area contributed by atoms with E-state index in [2.05, 4.69) is 25.6 Å². The number of aliphatic imine (C=N–C) groups is 1. The Balaban J connectivity index is 1.24. The van der Waals surface area contributed by atoms with Crippen molar-refractivity contribution in [3.05, 3.63) is 45.6 Å². The van der Waals surface area contributed by atoms with Crippen LogP contribution in [0.5, 0.6) is 0 Å². The number of aryl methyl sites for hydroxylation is 1. The first-order chi connectivity index (χ1) is 17.0. The Morgan fingerprint density at radius 1 is 1.26 bits per heavy atom. The fourth-order valence-corrected chi connectivity index (χ4v) is 8.40. The van der Waals surface area contributed by atoms with Gasteiger partial charge in [-0.2, -0.15) is 0 Å². The molecular weight excluding hydrogens is 601 g/mol. The van der Waals surface area contributed by atoms with Crippen LogP contribution in [0, 0.1) is 0 Å². The van der Waals surface area contributed by atoms with Gasteiger partial charge in [0.25, 0.3) is 5.56 Å². The molecule has 0 fully saturated rings. The van der Waals surface area contributed by atoms with E-state index < -0.39 is 11.6 Å². The van der Waals surface area contributed by atoms with Gasteiger partial charge in [0.2, 0.25) is 11.8 Å². The van der Waals surface area contributed by atoms with E-state index in [4.69, 9.17) is 5.73 Å². The molecule has 3 aromatic heterocycles. The van der Waals surface area contributed by atoms with Crippen LogP contribution >= 0.6 is 43.8 Å². The second-order valence-electron chi connectivity index (χ2n) is 7.96. The monoisotopic (exact) mass is 623 g/mol. The minimum Gasteiger partial charge on any atom is -0.384 e. The standard InChI is InChI=1S/C22H22IN7O3S2/c24-18-6-16-12(7-26-18)5-13(35-16)8-28-21(32)15-1-3-19-27-9-14(22(33)30(15)19)29-20(31)4-2-17-23-10-25-11-34-17/h5-7,9,11,15H,1-4,8,10H2,(H2,24,26)(H,28,32)(H,29,31)/t15-/m0/s1. The van der Waals surface area contributed by atoms with Crippen LogP contribution in [-0.4, -0.2) is 39.3 Å². The van der Waals surface area contributed by atoms with E-state index in [9.17, 15) is 14.4 Å². The highest BCUT2D eigenvalue weighted by Gasteiger charge is 2.31. The van der Waals surface area contributed by atoms with Crippen molar-refractivity contribution >= 4 is 85.6 Å². The summed E-state index contributed by atoms with van der Waals surface area (Å²) in [5, 5.41) is 6.59. The van der Waals surface area contributed by atoms with Crippen LogP contribution in [0.15, 0.2) is 34.3 Å². The molecular formula is C22H22IN7O3S2. The molecule has 0 aromatic carbocycles. The van der Waals surface area contributed by atoms with Gasteiger partial charge in [0, 0.05) is 36.8 Å². The number of carbonyl (C=O) groups excluding carboxylic acids is 2. The summed E-state index contributed by atoms with van der Waals surface area (Å²) in [6.45, 7) is 0.340. The molecule has 0 saturated carbocycles. The summed E-state index contributed by atoms with van der Waals surface area (Å²) in [5.74, 6) is 0.523. The zero-order valence-corrected chi connectivity index (χ0v) is 22.3. The van der Waals surface area contributed by atoms with Crippen molar-refractivity contribution in [1.82, 2.24) is 19.9 Å². The Morgan fingerprint density at radius 3 is 2.97 bits per heavy atom. The Kier molecular flexibility index (Phi) is 7.24. The van der Waals surface area contributed by atoms with Crippen molar-refractivity contribution in [2.45, 2.75) is 38.3 Å². The molecule has 2 aliphatic heterocycles. The quantitative estimate of drug-likeness (QED) is 0.209. The van der Waals surface area contributed by atoms with Gasteiger partial charge in [0.05, 0.1) is 22.8 Å². The SMILES string of the molecule is Nc1cc2sc(CNC(=O)[C@@H]3CCc4ncc(NC(=O)CCC5=ICN=CS5)c(=O)n43)cc2cn1. The number of nitrogens with zero attached hydrogens (tertiary/aromatic N) is 4. The third-order valence-electron chi connectivity index (χ3n) is 5.59. The fourth-order valence-electron chi connectivity index (χ4n) is 3.93. The van der Waals surface area contributed by atoms with Gasteiger partial charge < -0.3 is 16.4 Å². The van der Waals surface area contributed by atoms with E-state index in [0.717, 1.165) is 19.5 Å². The summed E-state index contributed by atoms with van der Waals surface area (Å²) < 4.78 is 4.59. The number of nitrogens with one attached hydrogen (secondary N) is 2. The molecule has 0 bridgehead atoms. The highest BCUT2D eigenvalue weighted by Crippen LogP contribution is 2.27. The number of nitrogen functional groups attached to an aromatic ring is 1. The fraction of sp³-hybridized carbons (Fsp3) is 0.318. The van der Waals surface area contributed by atoms with Crippen LogP contribution in [0.3, 0.4) is 0 Å². The summed E-state index contributed by atoms with van der Waals surface area (Å²) in [6.07, 6.45) is 5.10. The number of thiophene rings is 1. The maximum Gasteiger partial charge on any atom is 0.278 e. The van der Waals surface area contributed by atoms with E-state index >= 15 is 0 Å². The van der Waals surface area contributed by atoms with Gasteiger partial charge in [0.15, 0.2) is 0 Å². The van der Waals surface area contributed by atoms with Gasteiger partial charge in [-0.15, -0.1) is 11.3 Å². The molecule has 0 aliphatic carbocycles. The Bertz CT molecular complexity index is 1430. The molecule has 0 saturated heterocycles. The molecule has 5 rings (SSSR count). The van der Waals surface area contributed by atoms with E-state index in [1.165, 1.54) is 24.9 Å². The summed E-state index contributed by atoms with van der Waals surface area (Å²) in [4.78, 5) is 52.2. The number of alkyl halides is 1. The third-order valence-corrected chi connectivity index (χ3v) is 11.0. The lowest BCUT2D eigenvalue weighted by Crippen LogP contribution is -2.36. The number of amides is 2. The molecule has 2 aliphatic rings. The average Bonchev–Trinajstić information content (AvgIpc) is 3.48. The first-order valence-corrected chi connectivity index (χ1v) is 15.2. The van der Waals surface area contributed by atoms with Crippen molar-refractivity contribution in [2.24, 2.45) is 4.99 Å². The Labute approximate surface area is 218 Å². The second-order valence-corrected chi connectivity index (χ2v) is 13.5. The van der Waals surface area contributed by atoms with Gasteiger partial charge >= 0.3 is 0 Å². The molecule has 3 aromatic rings. The molecule has 1 atom stereocenters. The molecule has 0 unspecified atom stereocenters. The molecule has 0 spiro atoms. The first-order valence-electron chi connectivity index (χ1n) is 10.9. The number of anilines is 2. The lowest BCUT2D eigenvalue weighted by molar-refractivity contribution is -0.124. The smallest absolute Gasteiger partial charge is 0.278 e. The zero-order valence-electron chi connectivity index (χ0n) is 18.5. The van der Waals surface area contributed by atoms with Crippen LogP contribution in [0.1, 0.15) is 36.0 Å². The molecule has 10 nitrogen and oxygen atoms in total. The van der Waals surface area contributed by atoms with Gasteiger partial charge in [-0.1, -0.05) is 32.5 Å². The molecule has 0 radical (unpaired) electrons. The number of rotatable bonds is 7. The number of halogens is 1. The number of carbonyl (C=O) groups is 2. The summed E-state index contributed by atoms with van der Waals surface area (Å²) in [6, 6.07) is 3.12. The van der Waals surface area contributed by atoms with Gasteiger partial charge in [-0.05, 0) is 25.0 Å². The predicted octanol–water partition coefficient (Wildman–Crippen LogP) is 2.79. The van der Waals surface area contributed by atoms with Gasteiger partial charge in [0.1, 0.15) is 23.4 Å². The average molecular weight is 624 g/mol. The molecule has 35 heavy (non-hydrogen) atoms. The number of nitrogens with two attached hydrogens (primary N) is 1. The highest BCUT2D eigenvalue weighted by atomic mass is 127. The summed E-state index contributed by atoms with van der Waals surface area (Å²) in [7, 11) is 0. The lowest BCUT2D eigenvalue weighted by Gasteiger charge is -2.15. The summed E-state index contributed by atoms with van der Waals surface area (Å²) in [5.41, 5.74) is 7.28. The topological polar surface area (TPSA) is 144 Å². The van der Waals surface area contributed by atoms with Crippen molar-refractivity contribution in [1.29, 1.82) is 0 Å². The van der Waals surface area contributed by atoms with E-state index in [1.54, 1.807) is 18.0 Å². The number of fused-ring (bicyclic) bond motifs is 2.